The Labute approximate surface area is 84.2 Å². The Morgan fingerprint density at radius 1 is 1.43 bits per heavy atom. The minimum atomic E-state index is 0.0459. The maximum absolute atomic E-state index is 10.7. The zero-order valence-electron chi connectivity index (χ0n) is 8.70. The first-order chi connectivity index (χ1) is 6.63. The van der Waals surface area contributed by atoms with E-state index in [9.17, 15) is 4.79 Å². The van der Waals surface area contributed by atoms with Gasteiger partial charge in [-0.2, -0.15) is 0 Å². The van der Waals surface area contributed by atoms with Crippen LogP contribution in [0.5, 0.6) is 5.75 Å². The van der Waals surface area contributed by atoms with Crippen molar-refractivity contribution < 1.29 is 9.53 Å². The highest BCUT2D eigenvalue weighted by Crippen LogP contribution is 2.19. The van der Waals surface area contributed by atoms with Crippen LogP contribution < -0.4 is 4.74 Å². The zero-order chi connectivity index (χ0) is 10.6. The Morgan fingerprint density at radius 2 is 2.14 bits per heavy atom. The van der Waals surface area contributed by atoms with Crippen LogP contribution in [0.4, 0.5) is 0 Å². The molecule has 0 bridgehead atoms. The van der Waals surface area contributed by atoms with Gasteiger partial charge < -0.3 is 4.74 Å². The second-order valence-corrected chi connectivity index (χ2v) is 3.17. The highest BCUT2D eigenvalue weighted by atomic mass is 16.5. The van der Waals surface area contributed by atoms with Crippen LogP contribution in [0.15, 0.2) is 24.3 Å². The van der Waals surface area contributed by atoms with Gasteiger partial charge in [0, 0.05) is 0 Å². The number of carbonyl (C=O) groups is 1. The van der Waals surface area contributed by atoms with E-state index in [0.717, 1.165) is 16.9 Å². The van der Waals surface area contributed by atoms with Gasteiger partial charge in [-0.1, -0.05) is 18.2 Å². The molecule has 0 saturated carbocycles. The molecule has 2 nitrogen and oxygen atoms in total. The van der Waals surface area contributed by atoms with Crippen molar-refractivity contribution in [3.8, 4) is 5.75 Å². The third-order valence-electron chi connectivity index (χ3n) is 1.94. The van der Waals surface area contributed by atoms with Gasteiger partial charge >= 0.3 is 0 Å². The minimum Gasteiger partial charge on any atom is -0.496 e. The summed E-state index contributed by atoms with van der Waals surface area (Å²) in [6, 6.07) is 5.84. The van der Waals surface area contributed by atoms with E-state index in [1.54, 1.807) is 19.3 Å². The van der Waals surface area contributed by atoms with Crippen molar-refractivity contribution in [1.82, 2.24) is 0 Å². The molecule has 0 aliphatic rings. The topological polar surface area (TPSA) is 26.3 Å². The van der Waals surface area contributed by atoms with Gasteiger partial charge in [0.25, 0.3) is 0 Å². The highest BCUT2D eigenvalue weighted by molar-refractivity contribution is 5.91. The fourth-order valence-corrected chi connectivity index (χ4v) is 1.15. The number of rotatable bonds is 3. The number of ether oxygens (including phenoxy) is 1. The van der Waals surface area contributed by atoms with E-state index in [-0.39, 0.29) is 5.78 Å². The van der Waals surface area contributed by atoms with Crippen LogP contribution >= 0.6 is 0 Å². The first-order valence-electron chi connectivity index (χ1n) is 4.47. The molecule has 74 valence electrons. The van der Waals surface area contributed by atoms with E-state index in [1.165, 1.54) is 6.92 Å². The van der Waals surface area contributed by atoms with Gasteiger partial charge in [0.2, 0.25) is 0 Å². The summed E-state index contributed by atoms with van der Waals surface area (Å²) in [5, 5.41) is 0. The van der Waals surface area contributed by atoms with E-state index in [0.29, 0.717) is 0 Å². The SMILES string of the molecule is COc1cc(/C=C/C(C)=O)ccc1C. The fraction of sp³-hybridized carbons (Fsp3) is 0.250. The zero-order valence-corrected chi connectivity index (χ0v) is 8.70. The summed E-state index contributed by atoms with van der Waals surface area (Å²) < 4.78 is 5.17. The predicted octanol–water partition coefficient (Wildman–Crippen LogP) is 2.61. The summed E-state index contributed by atoms with van der Waals surface area (Å²) in [7, 11) is 1.64. The number of hydrogen-bond donors (Lipinski definition) is 0. The van der Waals surface area contributed by atoms with Crippen LogP contribution in [0.1, 0.15) is 18.1 Å². The molecule has 0 spiro atoms. The quantitative estimate of drug-likeness (QED) is 0.685. The van der Waals surface area contributed by atoms with Gasteiger partial charge in [0.1, 0.15) is 5.75 Å². The van der Waals surface area contributed by atoms with Crippen LogP contribution in [0.3, 0.4) is 0 Å². The maximum atomic E-state index is 10.7. The lowest BCUT2D eigenvalue weighted by atomic mass is 10.1. The molecule has 1 rings (SSSR count). The molecule has 0 atom stereocenters. The molecular weight excluding hydrogens is 176 g/mol. The van der Waals surface area contributed by atoms with E-state index < -0.39 is 0 Å². The third-order valence-corrected chi connectivity index (χ3v) is 1.94. The van der Waals surface area contributed by atoms with Gasteiger partial charge in [-0.05, 0) is 37.1 Å². The maximum Gasteiger partial charge on any atom is 0.152 e. The summed E-state index contributed by atoms with van der Waals surface area (Å²) in [5.41, 5.74) is 2.06. The molecule has 0 aliphatic heterocycles. The molecule has 0 fully saturated rings. The molecular formula is C12H14O2. The normalized spacial score (nSPS) is 10.5. The number of hydrogen-bond acceptors (Lipinski definition) is 2. The molecule has 0 amide bonds. The van der Waals surface area contributed by atoms with Crippen molar-refractivity contribution >= 4 is 11.9 Å². The smallest absolute Gasteiger partial charge is 0.152 e. The standard InChI is InChI=1S/C12H14O2/c1-9-4-6-11(7-5-10(2)13)8-12(9)14-3/h4-8H,1-3H3/b7-5+. The molecule has 0 aliphatic carbocycles. The monoisotopic (exact) mass is 190 g/mol. The lowest BCUT2D eigenvalue weighted by Gasteiger charge is -2.04. The summed E-state index contributed by atoms with van der Waals surface area (Å²) in [5.74, 6) is 0.889. The van der Waals surface area contributed by atoms with Gasteiger partial charge in [-0.3, -0.25) is 4.79 Å². The molecule has 0 radical (unpaired) electrons. The Bertz CT molecular complexity index is 365. The Morgan fingerprint density at radius 3 is 2.71 bits per heavy atom. The van der Waals surface area contributed by atoms with Crippen molar-refractivity contribution in [1.29, 1.82) is 0 Å². The Kier molecular flexibility index (Phi) is 3.46. The lowest BCUT2D eigenvalue weighted by molar-refractivity contribution is -0.112. The molecule has 0 unspecified atom stereocenters. The molecule has 1 aromatic rings. The van der Waals surface area contributed by atoms with Crippen LogP contribution in [0.2, 0.25) is 0 Å². The van der Waals surface area contributed by atoms with Crippen LogP contribution in [0, 0.1) is 6.92 Å². The minimum absolute atomic E-state index is 0.0459. The average molecular weight is 190 g/mol. The van der Waals surface area contributed by atoms with Crippen molar-refractivity contribution in [2.45, 2.75) is 13.8 Å². The van der Waals surface area contributed by atoms with Gasteiger partial charge in [-0.25, -0.2) is 0 Å². The van der Waals surface area contributed by atoms with Gasteiger partial charge in [0.15, 0.2) is 5.78 Å². The van der Waals surface area contributed by atoms with Crippen molar-refractivity contribution in [2.75, 3.05) is 7.11 Å². The van der Waals surface area contributed by atoms with Gasteiger partial charge in [-0.15, -0.1) is 0 Å². The van der Waals surface area contributed by atoms with Crippen LogP contribution in [-0.4, -0.2) is 12.9 Å². The summed E-state index contributed by atoms with van der Waals surface area (Å²) in [4.78, 5) is 10.7. The number of ketones is 1. The third kappa shape index (κ3) is 2.73. The van der Waals surface area contributed by atoms with Crippen molar-refractivity contribution in [2.24, 2.45) is 0 Å². The van der Waals surface area contributed by atoms with Gasteiger partial charge in [0.05, 0.1) is 7.11 Å². The molecule has 0 aromatic heterocycles. The average Bonchev–Trinajstić information content (AvgIpc) is 2.16. The van der Waals surface area contributed by atoms with E-state index >= 15 is 0 Å². The lowest BCUT2D eigenvalue weighted by Crippen LogP contribution is -1.87. The molecule has 1 aromatic carbocycles. The van der Waals surface area contributed by atoms with Crippen LogP contribution in [-0.2, 0) is 4.79 Å². The molecule has 0 N–H and O–H groups in total. The van der Waals surface area contributed by atoms with E-state index in [4.69, 9.17) is 4.74 Å². The van der Waals surface area contributed by atoms with E-state index in [1.807, 2.05) is 25.1 Å². The van der Waals surface area contributed by atoms with Crippen molar-refractivity contribution in [3.05, 3.63) is 35.4 Å². The predicted molar refractivity (Wildman–Crippen MR) is 57.4 cm³/mol. The first-order valence-corrected chi connectivity index (χ1v) is 4.47. The highest BCUT2D eigenvalue weighted by Gasteiger charge is 1.97. The summed E-state index contributed by atoms with van der Waals surface area (Å²) >= 11 is 0. The second-order valence-electron chi connectivity index (χ2n) is 3.17. The summed E-state index contributed by atoms with van der Waals surface area (Å²) in [6.45, 7) is 3.51. The largest absolute Gasteiger partial charge is 0.496 e. The molecule has 0 heterocycles. The van der Waals surface area contributed by atoms with Crippen LogP contribution in [0.25, 0.3) is 6.08 Å². The first kappa shape index (κ1) is 10.5. The van der Waals surface area contributed by atoms with Crippen molar-refractivity contribution in [3.63, 3.8) is 0 Å². The number of aryl methyl sites for hydroxylation is 1. The second kappa shape index (κ2) is 4.61. The van der Waals surface area contributed by atoms with E-state index in [2.05, 4.69) is 0 Å². The Hall–Kier alpha value is -1.57. The number of methoxy groups -OCH3 is 1. The molecule has 2 heteroatoms. The number of allylic oxidation sites excluding steroid dienone is 1. The Balaban J connectivity index is 2.95. The summed E-state index contributed by atoms with van der Waals surface area (Å²) in [6.07, 6.45) is 3.33. The fourth-order valence-electron chi connectivity index (χ4n) is 1.15. The molecule has 0 saturated heterocycles. The number of carbonyl (C=O) groups excluding carboxylic acids is 1. The molecule has 14 heavy (non-hydrogen) atoms. The number of benzene rings is 1.